The number of ether oxygens (including phenoxy) is 1. The molecule has 1 saturated heterocycles. The van der Waals surface area contributed by atoms with Gasteiger partial charge in [0.2, 0.25) is 5.91 Å². The van der Waals surface area contributed by atoms with Crippen LogP contribution in [0.3, 0.4) is 0 Å². The summed E-state index contributed by atoms with van der Waals surface area (Å²) in [7, 11) is 5.77. The Morgan fingerprint density at radius 1 is 1.23 bits per heavy atom. The largest absolute Gasteiger partial charge is 0.384 e. The maximum Gasteiger partial charge on any atom is 0.228 e. The molecule has 1 aromatic carbocycles. The molecule has 1 amide bonds. The molecule has 1 aliphatic heterocycles. The summed E-state index contributed by atoms with van der Waals surface area (Å²) in [4.78, 5) is 15.0. The van der Waals surface area contributed by atoms with Crippen LogP contribution >= 0.6 is 24.8 Å². The standard InChI is InChI=1S/C19H31N3O2.2ClH/c1-15-5-7-16(8-6-15)17(22(2)3)13-21-18(23)19(14-24-4)9-11-20-12-10-19;;/h5-8,17,20H,9-14H2,1-4H3,(H,21,23);2*1H. The molecule has 7 heteroatoms. The van der Waals surface area contributed by atoms with E-state index in [0.29, 0.717) is 13.2 Å². The molecule has 0 spiro atoms. The van der Waals surface area contributed by atoms with Crippen LogP contribution in [-0.2, 0) is 9.53 Å². The quantitative estimate of drug-likeness (QED) is 0.731. The molecular weight excluding hydrogens is 373 g/mol. The third kappa shape index (κ3) is 6.39. The van der Waals surface area contributed by atoms with Gasteiger partial charge in [-0.3, -0.25) is 4.79 Å². The van der Waals surface area contributed by atoms with Crippen molar-refractivity contribution in [2.75, 3.05) is 47.4 Å². The van der Waals surface area contributed by atoms with Gasteiger partial charge >= 0.3 is 0 Å². The lowest BCUT2D eigenvalue weighted by Gasteiger charge is -2.36. The number of hydrogen-bond donors (Lipinski definition) is 2. The van der Waals surface area contributed by atoms with Crippen LogP contribution in [0.2, 0.25) is 0 Å². The van der Waals surface area contributed by atoms with E-state index in [1.165, 1.54) is 11.1 Å². The van der Waals surface area contributed by atoms with Gasteiger partial charge in [0.1, 0.15) is 0 Å². The minimum Gasteiger partial charge on any atom is -0.384 e. The molecule has 1 unspecified atom stereocenters. The van der Waals surface area contributed by atoms with Crippen LogP contribution in [0.25, 0.3) is 0 Å². The lowest BCUT2D eigenvalue weighted by Crippen LogP contribution is -2.51. The molecule has 0 aliphatic carbocycles. The zero-order chi connectivity index (χ0) is 17.6. The first kappa shape index (κ1) is 25.1. The molecule has 150 valence electrons. The SMILES string of the molecule is COCC1(C(=O)NCC(c2ccc(C)cc2)N(C)C)CCNCC1.Cl.Cl. The number of nitrogens with one attached hydrogen (secondary N) is 2. The van der Waals surface area contributed by atoms with Crippen LogP contribution in [-0.4, -0.2) is 58.3 Å². The maximum atomic E-state index is 12.9. The molecule has 2 rings (SSSR count). The highest BCUT2D eigenvalue weighted by atomic mass is 35.5. The van der Waals surface area contributed by atoms with Crippen molar-refractivity contribution in [1.82, 2.24) is 15.5 Å². The van der Waals surface area contributed by atoms with Gasteiger partial charge in [0.15, 0.2) is 0 Å². The monoisotopic (exact) mass is 405 g/mol. The molecule has 0 saturated carbocycles. The molecule has 26 heavy (non-hydrogen) atoms. The molecule has 5 nitrogen and oxygen atoms in total. The summed E-state index contributed by atoms with van der Waals surface area (Å²) in [5.74, 6) is 0.116. The van der Waals surface area contributed by atoms with E-state index in [2.05, 4.69) is 46.7 Å². The number of piperidine rings is 1. The molecule has 1 heterocycles. The second-order valence-electron chi connectivity index (χ2n) is 7.06. The minimum absolute atomic E-state index is 0. The lowest BCUT2D eigenvalue weighted by atomic mass is 9.78. The zero-order valence-electron chi connectivity index (χ0n) is 16.2. The number of benzene rings is 1. The number of likely N-dealkylation sites (N-methyl/N-ethyl adjacent to an activating group) is 1. The van der Waals surface area contributed by atoms with Crippen LogP contribution in [0.1, 0.15) is 30.0 Å². The summed E-state index contributed by atoms with van der Waals surface area (Å²) in [6.45, 7) is 4.91. The molecule has 1 atom stereocenters. The van der Waals surface area contributed by atoms with Gasteiger partial charge < -0.3 is 20.3 Å². The molecule has 1 aromatic rings. The third-order valence-electron chi connectivity index (χ3n) is 5.00. The van der Waals surface area contributed by atoms with Gasteiger partial charge in [-0.15, -0.1) is 24.8 Å². The number of amides is 1. The average molecular weight is 406 g/mol. The molecule has 2 N–H and O–H groups in total. The number of halogens is 2. The summed E-state index contributed by atoms with van der Waals surface area (Å²) >= 11 is 0. The van der Waals surface area contributed by atoms with Crippen molar-refractivity contribution in [2.24, 2.45) is 5.41 Å². The summed E-state index contributed by atoms with van der Waals surface area (Å²) in [5.41, 5.74) is 2.07. The predicted octanol–water partition coefficient (Wildman–Crippen LogP) is 2.57. The summed E-state index contributed by atoms with van der Waals surface area (Å²) < 4.78 is 5.36. The first-order chi connectivity index (χ1) is 11.5. The fraction of sp³-hybridized carbons (Fsp3) is 0.632. The predicted molar refractivity (Wildman–Crippen MR) is 112 cm³/mol. The zero-order valence-corrected chi connectivity index (χ0v) is 17.8. The second-order valence-corrected chi connectivity index (χ2v) is 7.06. The molecule has 0 bridgehead atoms. The van der Waals surface area contributed by atoms with E-state index in [4.69, 9.17) is 4.74 Å². The first-order valence-corrected chi connectivity index (χ1v) is 8.69. The van der Waals surface area contributed by atoms with Crippen molar-refractivity contribution < 1.29 is 9.53 Å². The van der Waals surface area contributed by atoms with Crippen molar-refractivity contribution in [1.29, 1.82) is 0 Å². The topological polar surface area (TPSA) is 53.6 Å². The van der Waals surface area contributed by atoms with Gasteiger partial charge in [-0.05, 0) is 52.5 Å². The number of aryl methyl sites for hydroxylation is 1. The Morgan fingerprint density at radius 3 is 2.31 bits per heavy atom. The van der Waals surface area contributed by atoms with E-state index in [0.717, 1.165) is 25.9 Å². The highest BCUT2D eigenvalue weighted by Gasteiger charge is 2.39. The number of rotatable bonds is 7. The Morgan fingerprint density at radius 2 is 1.81 bits per heavy atom. The van der Waals surface area contributed by atoms with E-state index in [1.54, 1.807) is 7.11 Å². The van der Waals surface area contributed by atoms with Crippen molar-refractivity contribution in [3.05, 3.63) is 35.4 Å². The molecule has 0 aromatic heterocycles. The number of nitrogens with zero attached hydrogens (tertiary/aromatic N) is 1. The van der Waals surface area contributed by atoms with E-state index >= 15 is 0 Å². The van der Waals surface area contributed by atoms with Gasteiger partial charge in [0, 0.05) is 13.7 Å². The summed E-state index contributed by atoms with van der Waals surface area (Å²) in [6, 6.07) is 8.68. The number of carbonyl (C=O) groups excluding carboxylic acids is 1. The Kier molecular flexibility index (Phi) is 11.4. The fourth-order valence-electron chi connectivity index (χ4n) is 3.38. The van der Waals surface area contributed by atoms with Gasteiger partial charge in [-0.1, -0.05) is 29.8 Å². The van der Waals surface area contributed by atoms with Gasteiger partial charge in [-0.25, -0.2) is 0 Å². The van der Waals surface area contributed by atoms with E-state index in [9.17, 15) is 4.79 Å². The van der Waals surface area contributed by atoms with Crippen LogP contribution < -0.4 is 10.6 Å². The number of hydrogen-bond acceptors (Lipinski definition) is 4. The van der Waals surface area contributed by atoms with E-state index in [-0.39, 0.29) is 36.8 Å². The van der Waals surface area contributed by atoms with Gasteiger partial charge in [0.05, 0.1) is 18.1 Å². The van der Waals surface area contributed by atoms with Crippen LogP contribution in [0.15, 0.2) is 24.3 Å². The lowest BCUT2D eigenvalue weighted by molar-refractivity contribution is -0.136. The minimum atomic E-state index is -0.399. The Balaban J connectivity index is 0.00000312. The van der Waals surface area contributed by atoms with Crippen molar-refractivity contribution in [2.45, 2.75) is 25.8 Å². The van der Waals surface area contributed by atoms with Gasteiger partial charge in [-0.2, -0.15) is 0 Å². The Bertz CT molecular complexity index is 527. The molecular formula is C19H33Cl2N3O2. The van der Waals surface area contributed by atoms with Gasteiger partial charge in [0.25, 0.3) is 0 Å². The van der Waals surface area contributed by atoms with Crippen molar-refractivity contribution in [3.63, 3.8) is 0 Å². The van der Waals surface area contributed by atoms with E-state index < -0.39 is 5.41 Å². The van der Waals surface area contributed by atoms with Crippen LogP contribution in [0, 0.1) is 12.3 Å². The highest BCUT2D eigenvalue weighted by Crippen LogP contribution is 2.29. The third-order valence-corrected chi connectivity index (χ3v) is 5.00. The molecule has 1 aliphatic rings. The Hall–Kier alpha value is -0.850. The van der Waals surface area contributed by atoms with Crippen molar-refractivity contribution >= 4 is 30.7 Å². The van der Waals surface area contributed by atoms with Crippen molar-refractivity contribution in [3.8, 4) is 0 Å². The molecule has 1 fully saturated rings. The smallest absolute Gasteiger partial charge is 0.228 e. The van der Waals surface area contributed by atoms with E-state index in [1.807, 2.05) is 14.1 Å². The first-order valence-electron chi connectivity index (χ1n) is 8.69. The normalized spacial score (nSPS) is 17.0. The average Bonchev–Trinajstić information content (AvgIpc) is 2.57. The summed E-state index contributed by atoms with van der Waals surface area (Å²) in [5, 5.41) is 6.51. The summed E-state index contributed by atoms with van der Waals surface area (Å²) in [6.07, 6.45) is 1.65. The van der Waals surface area contributed by atoms with Crippen LogP contribution in [0.5, 0.6) is 0 Å². The maximum absolute atomic E-state index is 12.9. The highest BCUT2D eigenvalue weighted by molar-refractivity contribution is 5.85. The fourth-order valence-corrected chi connectivity index (χ4v) is 3.38. The number of carbonyl (C=O) groups is 1. The Labute approximate surface area is 170 Å². The van der Waals surface area contributed by atoms with Crippen LogP contribution in [0.4, 0.5) is 0 Å². The number of methoxy groups -OCH3 is 1. The molecule has 0 radical (unpaired) electrons. The second kappa shape index (κ2) is 11.8.